The van der Waals surface area contributed by atoms with Gasteiger partial charge in [0.2, 0.25) is 0 Å². The van der Waals surface area contributed by atoms with Crippen molar-refractivity contribution in [2.45, 2.75) is 118 Å². The van der Waals surface area contributed by atoms with Crippen molar-refractivity contribution in [3.8, 4) is 0 Å². The van der Waals surface area contributed by atoms with Crippen molar-refractivity contribution < 1.29 is 29.6 Å². The molecule has 0 heterocycles. The van der Waals surface area contributed by atoms with Crippen LogP contribution >= 0.6 is 0 Å². The number of fused-ring (bicyclic) bond motifs is 7. The number of aliphatic hydroxyl groups excluding tert-OH is 2. The summed E-state index contributed by atoms with van der Waals surface area (Å²) < 4.78 is 5.77. The van der Waals surface area contributed by atoms with Gasteiger partial charge < -0.3 is 20.1 Å². The van der Waals surface area contributed by atoms with Gasteiger partial charge in [-0.3, -0.25) is 9.59 Å². The van der Waals surface area contributed by atoms with Gasteiger partial charge in [0.1, 0.15) is 6.10 Å². The molecule has 4 saturated carbocycles. The standard InChI is InChI=1S/C32H50O6/c1-19(34)38-24-10-12-29(5)22(31(24,7)18-33)8-11-28(4)21-9-13-32(26(36)37)15-14-27(2,3)17-23(32)30(21,6)16-20(35)25(28)29/h9,20,22-25,33,35H,8,10-18H2,1-7H3,(H,36,37)/t20-,22-,23+,24+,25+,28+,29+,30-,31+,32-/m1/s1. The quantitative estimate of drug-likeness (QED) is 0.317. The maximum absolute atomic E-state index is 12.9. The first-order valence-electron chi connectivity index (χ1n) is 14.9. The minimum atomic E-state index is -0.755. The molecule has 5 aliphatic carbocycles. The zero-order chi connectivity index (χ0) is 28.1. The number of carboxylic acid groups (broad SMARTS) is 1. The van der Waals surface area contributed by atoms with Gasteiger partial charge in [0.25, 0.3) is 0 Å². The molecular weight excluding hydrogens is 480 g/mol. The van der Waals surface area contributed by atoms with Crippen molar-refractivity contribution in [2.24, 2.45) is 50.2 Å². The number of allylic oxidation sites excluding steroid dienone is 2. The van der Waals surface area contributed by atoms with E-state index in [-0.39, 0.29) is 58.1 Å². The number of hydrogen-bond donors (Lipinski definition) is 3. The fraction of sp³-hybridized carbons (Fsp3) is 0.875. The predicted molar refractivity (Wildman–Crippen MR) is 145 cm³/mol. The first-order valence-corrected chi connectivity index (χ1v) is 14.9. The lowest BCUT2D eigenvalue weighted by molar-refractivity contribution is -0.232. The normalized spacial score (nSPS) is 51.4. The Morgan fingerprint density at radius 2 is 1.63 bits per heavy atom. The summed E-state index contributed by atoms with van der Waals surface area (Å²) in [5.41, 5.74) is -0.684. The summed E-state index contributed by atoms with van der Waals surface area (Å²) in [7, 11) is 0. The molecule has 6 heteroatoms. The van der Waals surface area contributed by atoms with Crippen molar-refractivity contribution in [3.05, 3.63) is 11.6 Å². The number of ether oxygens (including phenoxy) is 1. The highest BCUT2D eigenvalue weighted by molar-refractivity contribution is 5.76. The summed E-state index contributed by atoms with van der Waals surface area (Å²) >= 11 is 0. The molecule has 3 N–H and O–H groups in total. The number of hydrogen-bond acceptors (Lipinski definition) is 5. The minimum Gasteiger partial charge on any atom is -0.481 e. The second kappa shape index (κ2) is 8.55. The third-order valence-corrected chi connectivity index (χ3v) is 13.1. The Bertz CT molecular complexity index is 1050. The van der Waals surface area contributed by atoms with Gasteiger partial charge in [-0.2, -0.15) is 0 Å². The molecule has 0 spiro atoms. The lowest BCUT2D eigenvalue weighted by atomic mass is 9.34. The van der Waals surface area contributed by atoms with Crippen molar-refractivity contribution >= 4 is 11.9 Å². The van der Waals surface area contributed by atoms with Crippen molar-refractivity contribution in [1.82, 2.24) is 0 Å². The van der Waals surface area contributed by atoms with Gasteiger partial charge in [-0.25, -0.2) is 0 Å². The molecule has 0 saturated heterocycles. The average Bonchev–Trinajstić information content (AvgIpc) is 2.80. The van der Waals surface area contributed by atoms with E-state index < -0.39 is 22.9 Å². The highest BCUT2D eigenvalue weighted by Crippen LogP contribution is 2.75. The smallest absolute Gasteiger partial charge is 0.310 e. The van der Waals surface area contributed by atoms with Gasteiger partial charge in [0, 0.05) is 12.3 Å². The van der Waals surface area contributed by atoms with Crippen LogP contribution in [-0.4, -0.2) is 46.1 Å². The van der Waals surface area contributed by atoms with Crippen LogP contribution in [0, 0.1) is 50.2 Å². The Hall–Kier alpha value is -1.40. The van der Waals surface area contributed by atoms with Crippen LogP contribution in [-0.2, 0) is 14.3 Å². The molecule has 5 rings (SSSR count). The monoisotopic (exact) mass is 530 g/mol. The van der Waals surface area contributed by atoms with Crippen molar-refractivity contribution in [1.29, 1.82) is 0 Å². The van der Waals surface area contributed by atoms with Crippen LogP contribution in [0.3, 0.4) is 0 Å². The van der Waals surface area contributed by atoms with E-state index in [4.69, 9.17) is 4.74 Å². The zero-order valence-corrected chi connectivity index (χ0v) is 24.6. The molecular formula is C32H50O6. The van der Waals surface area contributed by atoms with Gasteiger partial charge in [-0.15, -0.1) is 0 Å². The maximum Gasteiger partial charge on any atom is 0.310 e. The van der Waals surface area contributed by atoms with Crippen molar-refractivity contribution in [3.63, 3.8) is 0 Å². The fourth-order valence-corrected chi connectivity index (χ4v) is 11.5. The second-order valence-electron chi connectivity index (χ2n) is 15.7. The molecule has 4 fully saturated rings. The van der Waals surface area contributed by atoms with Gasteiger partial charge in [0.15, 0.2) is 0 Å². The summed E-state index contributed by atoms with van der Waals surface area (Å²) in [4.78, 5) is 24.8. The number of carbonyl (C=O) groups excluding carboxylic acids is 1. The largest absolute Gasteiger partial charge is 0.481 e. The molecule has 5 aliphatic rings. The Morgan fingerprint density at radius 1 is 0.947 bits per heavy atom. The molecule has 214 valence electrons. The SMILES string of the molecule is CC(=O)O[C@H]1CC[C@@]2(C)[C@@H](CC[C@@]3(C)C4=CC[C@@]5(C(=O)O)CCC(C)(C)C[C@H]5[C@]4(C)C[C@@H](O)[C@H]23)[C@]1(C)CO. The van der Waals surface area contributed by atoms with E-state index in [0.717, 1.165) is 32.1 Å². The molecule has 0 unspecified atom stereocenters. The molecule has 0 amide bonds. The van der Waals surface area contributed by atoms with E-state index in [2.05, 4.69) is 47.6 Å². The molecule has 0 aromatic rings. The number of carboxylic acids is 1. The van der Waals surface area contributed by atoms with Crippen LogP contribution in [0.1, 0.15) is 106 Å². The number of carbonyl (C=O) groups is 2. The zero-order valence-electron chi connectivity index (χ0n) is 24.6. The average molecular weight is 531 g/mol. The Labute approximate surface area is 228 Å². The second-order valence-corrected chi connectivity index (χ2v) is 15.7. The van der Waals surface area contributed by atoms with Crippen LogP contribution < -0.4 is 0 Å². The highest BCUT2D eigenvalue weighted by atomic mass is 16.5. The number of aliphatic carboxylic acids is 1. The molecule has 0 aromatic heterocycles. The van der Waals surface area contributed by atoms with Gasteiger partial charge in [-0.1, -0.05) is 53.2 Å². The van der Waals surface area contributed by atoms with E-state index in [0.29, 0.717) is 25.7 Å². The number of esters is 1. The summed E-state index contributed by atoms with van der Waals surface area (Å²) in [5, 5.41) is 33.4. The summed E-state index contributed by atoms with van der Waals surface area (Å²) in [5.74, 6) is -0.861. The number of aliphatic hydroxyl groups is 2. The van der Waals surface area contributed by atoms with Crippen LogP contribution in [0.5, 0.6) is 0 Å². The molecule has 0 bridgehead atoms. The first kappa shape index (κ1) is 28.1. The number of rotatable bonds is 3. The van der Waals surface area contributed by atoms with Crippen molar-refractivity contribution in [2.75, 3.05) is 6.61 Å². The van der Waals surface area contributed by atoms with Gasteiger partial charge >= 0.3 is 11.9 Å². The predicted octanol–water partition coefficient (Wildman–Crippen LogP) is 5.75. The maximum atomic E-state index is 12.9. The first-order chi connectivity index (χ1) is 17.5. The van der Waals surface area contributed by atoms with E-state index in [1.807, 2.05) is 0 Å². The van der Waals surface area contributed by atoms with Crippen LogP contribution in [0.25, 0.3) is 0 Å². The summed E-state index contributed by atoms with van der Waals surface area (Å²) in [6.07, 6.45) is 8.34. The van der Waals surface area contributed by atoms with E-state index in [1.54, 1.807) is 0 Å². The molecule has 38 heavy (non-hydrogen) atoms. The van der Waals surface area contributed by atoms with Crippen LogP contribution in [0.15, 0.2) is 11.6 Å². The Balaban J connectivity index is 1.59. The topological polar surface area (TPSA) is 104 Å². The third kappa shape index (κ3) is 3.57. The molecule has 0 aromatic carbocycles. The lowest BCUT2D eigenvalue weighted by Gasteiger charge is -2.71. The highest BCUT2D eigenvalue weighted by Gasteiger charge is 2.71. The van der Waals surface area contributed by atoms with Crippen LogP contribution in [0.2, 0.25) is 0 Å². The Morgan fingerprint density at radius 3 is 2.24 bits per heavy atom. The van der Waals surface area contributed by atoms with E-state index in [9.17, 15) is 24.9 Å². The molecule has 0 radical (unpaired) electrons. The summed E-state index contributed by atoms with van der Waals surface area (Å²) in [6.45, 7) is 14.9. The van der Waals surface area contributed by atoms with E-state index >= 15 is 0 Å². The molecule has 6 nitrogen and oxygen atoms in total. The third-order valence-electron chi connectivity index (χ3n) is 13.1. The van der Waals surface area contributed by atoms with Gasteiger partial charge in [0.05, 0.1) is 18.1 Å². The lowest BCUT2D eigenvalue weighted by Crippen LogP contribution is -2.68. The minimum absolute atomic E-state index is 0.00313. The van der Waals surface area contributed by atoms with E-state index in [1.165, 1.54) is 12.5 Å². The van der Waals surface area contributed by atoms with Crippen LogP contribution in [0.4, 0.5) is 0 Å². The van der Waals surface area contributed by atoms with Gasteiger partial charge in [-0.05, 0) is 97.2 Å². The molecule has 10 atom stereocenters. The summed E-state index contributed by atoms with van der Waals surface area (Å²) in [6, 6.07) is 0. The Kier molecular flexibility index (Phi) is 6.33. The molecule has 0 aliphatic heterocycles. The fourth-order valence-electron chi connectivity index (χ4n) is 11.5.